The second kappa shape index (κ2) is 7.02. The van der Waals surface area contributed by atoms with Crippen molar-refractivity contribution in [2.24, 2.45) is 0 Å². The van der Waals surface area contributed by atoms with Crippen molar-refractivity contribution >= 4 is 9.84 Å². The highest BCUT2D eigenvalue weighted by Crippen LogP contribution is 2.18. The molecule has 2 fully saturated rings. The van der Waals surface area contributed by atoms with E-state index < -0.39 is 9.84 Å². The molecular formula is C13H26N2O3S. The molecule has 0 bridgehead atoms. The van der Waals surface area contributed by atoms with Crippen LogP contribution in [0, 0.1) is 0 Å². The SMILES string of the molecule is CC(CN1CCOCC1)NCC1CCCCS1(=O)=O. The van der Waals surface area contributed by atoms with Crippen molar-refractivity contribution in [3.63, 3.8) is 0 Å². The van der Waals surface area contributed by atoms with Crippen LogP contribution in [0.2, 0.25) is 0 Å². The minimum atomic E-state index is -2.85. The van der Waals surface area contributed by atoms with Gasteiger partial charge < -0.3 is 10.1 Å². The van der Waals surface area contributed by atoms with Crippen LogP contribution in [0.3, 0.4) is 0 Å². The molecule has 0 radical (unpaired) electrons. The van der Waals surface area contributed by atoms with Crippen molar-refractivity contribution in [1.29, 1.82) is 0 Å². The maximum Gasteiger partial charge on any atom is 0.154 e. The summed E-state index contributed by atoms with van der Waals surface area (Å²) < 4.78 is 29.2. The third kappa shape index (κ3) is 4.70. The lowest BCUT2D eigenvalue weighted by atomic mass is 10.2. The van der Waals surface area contributed by atoms with Crippen LogP contribution in [0.4, 0.5) is 0 Å². The molecule has 6 heteroatoms. The van der Waals surface area contributed by atoms with Gasteiger partial charge in [0, 0.05) is 32.2 Å². The van der Waals surface area contributed by atoms with Crippen LogP contribution in [-0.2, 0) is 14.6 Å². The summed E-state index contributed by atoms with van der Waals surface area (Å²) in [5.74, 6) is 0.372. The average molecular weight is 290 g/mol. The van der Waals surface area contributed by atoms with Crippen LogP contribution >= 0.6 is 0 Å². The third-order valence-electron chi connectivity index (χ3n) is 4.04. The lowest BCUT2D eigenvalue weighted by Crippen LogP contribution is -2.47. The minimum Gasteiger partial charge on any atom is -0.379 e. The highest BCUT2D eigenvalue weighted by Gasteiger charge is 2.28. The Morgan fingerprint density at radius 3 is 2.74 bits per heavy atom. The lowest BCUT2D eigenvalue weighted by Gasteiger charge is -2.30. The van der Waals surface area contributed by atoms with Crippen molar-refractivity contribution in [3.8, 4) is 0 Å². The Morgan fingerprint density at radius 1 is 1.32 bits per heavy atom. The Balaban J connectivity index is 1.71. The zero-order valence-electron chi connectivity index (χ0n) is 11.8. The molecule has 1 N–H and O–H groups in total. The second-order valence-electron chi connectivity index (χ2n) is 5.71. The van der Waals surface area contributed by atoms with Crippen LogP contribution in [-0.4, -0.2) is 69.8 Å². The predicted molar refractivity (Wildman–Crippen MR) is 76.1 cm³/mol. The number of morpholine rings is 1. The van der Waals surface area contributed by atoms with Gasteiger partial charge in [-0.2, -0.15) is 0 Å². The fourth-order valence-electron chi connectivity index (χ4n) is 2.82. The molecule has 2 atom stereocenters. The molecule has 19 heavy (non-hydrogen) atoms. The van der Waals surface area contributed by atoms with Crippen LogP contribution in [0.5, 0.6) is 0 Å². The van der Waals surface area contributed by atoms with Crippen LogP contribution < -0.4 is 5.32 Å². The van der Waals surface area contributed by atoms with Gasteiger partial charge in [-0.25, -0.2) is 8.42 Å². The van der Waals surface area contributed by atoms with Crippen molar-refractivity contribution in [2.75, 3.05) is 45.1 Å². The molecule has 0 aromatic rings. The van der Waals surface area contributed by atoms with E-state index >= 15 is 0 Å². The summed E-state index contributed by atoms with van der Waals surface area (Å²) in [6.07, 6.45) is 2.70. The molecule has 0 spiro atoms. The molecule has 2 aliphatic heterocycles. The van der Waals surface area contributed by atoms with E-state index in [0.29, 0.717) is 18.3 Å². The number of hydrogen-bond acceptors (Lipinski definition) is 5. The van der Waals surface area contributed by atoms with E-state index in [1.165, 1.54) is 0 Å². The Labute approximate surface area is 116 Å². The van der Waals surface area contributed by atoms with Gasteiger partial charge in [-0.15, -0.1) is 0 Å². The first-order valence-electron chi connectivity index (χ1n) is 7.33. The Kier molecular flexibility index (Phi) is 5.62. The zero-order valence-corrected chi connectivity index (χ0v) is 12.6. The predicted octanol–water partition coefficient (Wildman–Crippen LogP) is 0.264. The molecule has 0 saturated carbocycles. The van der Waals surface area contributed by atoms with Crippen molar-refractivity contribution in [2.45, 2.75) is 37.5 Å². The molecule has 112 valence electrons. The Hall–Kier alpha value is -0.170. The van der Waals surface area contributed by atoms with E-state index in [1.807, 2.05) is 0 Å². The maximum atomic E-state index is 11.9. The fourth-order valence-corrected chi connectivity index (χ4v) is 4.63. The van der Waals surface area contributed by atoms with Gasteiger partial charge in [0.2, 0.25) is 0 Å². The van der Waals surface area contributed by atoms with Crippen molar-refractivity contribution in [1.82, 2.24) is 10.2 Å². The Morgan fingerprint density at radius 2 is 2.05 bits per heavy atom. The van der Waals surface area contributed by atoms with Gasteiger partial charge >= 0.3 is 0 Å². The normalized spacial score (nSPS) is 30.1. The highest BCUT2D eigenvalue weighted by atomic mass is 32.2. The number of ether oxygens (including phenoxy) is 1. The van der Waals surface area contributed by atoms with E-state index in [0.717, 1.165) is 52.1 Å². The first-order chi connectivity index (χ1) is 9.08. The summed E-state index contributed by atoms with van der Waals surface area (Å²) in [5.41, 5.74) is 0. The van der Waals surface area contributed by atoms with E-state index in [2.05, 4.69) is 17.1 Å². The summed E-state index contributed by atoms with van der Waals surface area (Å²) in [7, 11) is -2.85. The second-order valence-corrected chi connectivity index (χ2v) is 8.11. The first-order valence-corrected chi connectivity index (χ1v) is 9.04. The van der Waals surface area contributed by atoms with Gasteiger partial charge in [0.05, 0.1) is 24.2 Å². The van der Waals surface area contributed by atoms with Gasteiger partial charge in [-0.05, 0) is 19.8 Å². The monoisotopic (exact) mass is 290 g/mol. The number of hydrogen-bond donors (Lipinski definition) is 1. The standard InChI is InChI=1S/C13H26N2O3S/c1-12(11-15-5-7-18-8-6-15)14-10-13-4-2-3-9-19(13,16)17/h12-14H,2-11H2,1H3. The lowest BCUT2D eigenvalue weighted by molar-refractivity contribution is 0.0344. The first kappa shape index (κ1) is 15.2. The molecule has 0 amide bonds. The zero-order chi connectivity index (χ0) is 13.7. The molecule has 2 saturated heterocycles. The summed E-state index contributed by atoms with van der Waals surface area (Å²) in [5, 5.41) is 3.22. The maximum absolute atomic E-state index is 11.9. The molecule has 0 aliphatic carbocycles. The number of sulfone groups is 1. The molecule has 2 heterocycles. The third-order valence-corrected chi connectivity index (χ3v) is 6.32. The number of nitrogens with zero attached hydrogens (tertiary/aromatic N) is 1. The molecule has 2 unspecified atom stereocenters. The largest absolute Gasteiger partial charge is 0.379 e. The molecule has 5 nitrogen and oxygen atoms in total. The summed E-state index contributed by atoms with van der Waals surface area (Å²) in [4.78, 5) is 2.37. The summed E-state index contributed by atoms with van der Waals surface area (Å²) >= 11 is 0. The smallest absolute Gasteiger partial charge is 0.154 e. The van der Waals surface area contributed by atoms with E-state index in [9.17, 15) is 8.42 Å². The molecule has 0 aromatic carbocycles. The van der Waals surface area contributed by atoms with E-state index in [1.54, 1.807) is 0 Å². The van der Waals surface area contributed by atoms with Crippen molar-refractivity contribution in [3.05, 3.63) is 0 Å². The number of rotatable bonds is 5. The number of nitrogens with one attached hydrogen (secondary N) is 1. The fraction of sp³-hybridized carbons (Fsp3) is 1.00. The van der Waals surface area contributed by atoms with Gasteiger partial charge in [-0.3, -0.25) is 4.90 Å². The van der Waals surface area contributed by atoms with Gasteiger partial charge in [0.25, 0.3) is 0 Å². The topological polar surface area (TPSA) is 58.6 Å². The average Bonchev–Trinajstić information content (AvgIpc) is 2.38. The van der Waals surface area contributed by atoms with Crippen LogP contribution in [0.1, 0.15) is 26.2 Å². The minimum absolute atomic E-state index is 0.173. The van der Waals surface area contributed by atoms with E-state index in [4.69, 9.17) is 4.74 Å². The Bertz CT molecular complexity index is 366. The molecule has 2 aliphatic rings. The summed E-state index contributed by atoms with van der Waals surface area (Å²) in [6, 6.07) is 0.329. The van der Waals surface area contributed by atoms with E-state index in [-0.39, 0.29) is 5.25 Å². The quantitative estimate of drug-likeness (QED) is 0.787. The molecular weight excluding hydrogens is 264 g/mol. The molecule has 0 aromatic heterocycles. The van der Waals surface area contributed by atoms with Gasteiger partial charge in [-0.1, -0.05) is 6.42 Å². The van der Waals surface area contributed by atoms with Crippen LogP contribution in [0.25, 0.3) is 0 Å². The van der Waals surface area contributed by atoms with Gasteiger partial charge in [0.1, 0.15) is 0 Å². The van der Waals surface area contributed by atoms with Gasteiger partial charge in [0.15, 0.2) is 9.84 Å². The van der Waals surface area contributed by atoms with Crippen molar-refractivity contribution < 1.29 is 13.2 Å². The summed E-state index contributed by atoms with van der Waals surface area (Å²) in [6.45, 7) is 7.28. The van der Waals surface area contributed by atoms with Crippen LogP contribution in [0.15, 0.2) is 0 Å². The molecule has 2 rings (SSSR count). The highest BCUT2D eigenvalue weighted by molar-refractivity contribution is 7.92.